The van der Waals surface area contributed by atoms with E-state index in [0.717, 1.165) is 0 Å². The van der Waals surface area contributed by atoms with E-state index >= 15 is 0 Å². The van der Waals surface area contributed by atoms with Gasteiger partial charge in [0, 0.05) is 0 Å². The summed E-state index contributed by atoms with van der Waals surface area (Å²) in [6.45, 7) is 2.83. The fourth-order valence-corrected chi connectivity index (χ4v) is 2.54. The summed E-state index contributed by atoms with van der Waals surface area (Å²) in [5, 5.41) is 47.4. The van der Waals surface area contributed by atoms with Gasteiger partial charge in [-0.1, -0.05) is 13.8 Å². The van der Waals surface area contributed by atoms with Gasteiger partial charge in [0.25, 0.3) is 0 Å². The number of aliphatic hydroxyl groups excluding tert-OH is 4. The maximum absolute atomic E-state index is 12.0. The lowest BCUT2D eigenvalue weighted by molar-refractivity contribution is -0.311. The second-order valence-electron chi connectivity index (χ2n) is 6.19. The predicted molar refractivity (Wildman–Crippen MR) is 86.0 cm³/mol. The molecule has 0 radical (unpaired) electrons. The Morgan fingerprint density at radius 2 is 1.62 bits per heavy atom. The van der Waals surface area contributed by atoms with E-state index in [1.54, 1.807) is 13.8 Å². The first-order chi connectivity index (χ1) is 12.2. The smallest absolute Gasteiger partial charge is 0.308 e. The highest BCUT2D eigenvalue weighted by atomic mass is 16.7. The van der Waals surface area contributed by atoms with E-state index < -0.39 is 61.5 Å². The van der Waals surface area contributed by atoms with E-state index in [1.165, 1.54) is 0 Å². The third-order valence-electron chi connectivity index (χ3n) is 4.18. The van der Waals surface area contributed by atoms with Crippen LogP contribution in [0.4, 0.5) is 0 Å². The molecule has 0 spiro atoms. The van der Waals surface area contributed by atoms with Crippen LogP contribution in [0.5, 0.6) is 0 Å². The second-order valence-corrected chi connectivity index (χ2v) is 6.19. The Morgan fingerprint density at radius 3 is 2.12 bits per heavy atom. The van der Waals surface area contributed by atoms with Gasteiger partial charge in [0.2, 0.25) is 0 Å². The molecule has 1 saturated heterocycles. The molecule has 0 aromatic heterocycles. The van der Waals surface area contributed by atoms with E-state index in [1.807, 2.05) is 0 Å². The van der Waals surface area contributed by atoms with Crippen molar-refractivity contribution in [2.75, 3.05) is 6.61 Å². The molecule has 0 aromatic rings. The zero-order chi connectivity index (χ0) is 19.9. The average molecular weight is 380 g/mol. The first-order valence-electron chi connectivity index (χ1n) is 8.60. The van der Waals surface area contributed by atoms with Crippen molar-refractivity contribution < 1.29 is 49.3 Å². The zero-order valence-electron chi connectivity index (χ0n) is 14.9. The van der Waals surface area contributed by atoms with Crippen LogP contribution in [0.1, 0.15) is 39.5 Å². The summed E-state index contributed by atoms with van der Waals surface area (Å²) in [4.78, 5) is 22.7. The molecule has 1 heterocycles. The van der Waals surface area contributed by atoms with Crippen molar-refractivity contribution in [3.05, 3.63) is 0 Å². The normalized spacial score (nSPS) is 31.2. The topological polar surface area (TPSA) is 163 Å². The first-order valence-corrected chi connectivity index (χ1v) is 8.60. The first kappa shape index (κ1) is 22.7. The molecule has 0 aliphatic carbocycles. The van der Waals surface area contributed by atoms with Gasteiger partial charge in [0.05, 0.1) is 25.6 Å². The molecule has 1 fully saturated rings. The van der Waals surface area contributed by atoms with E-state index in [-0.39, 0.29) is 12.8 Å². The molecule has 7 atom stereocenters. The Labute approximate surface area is 151 Å². The molecule has 10 heteroatoms. The number of carboxylic acid groups (broad SMARTS) is 1. The van der Waals surface area contributed by atoms with E-state index in [0.29, 0.717) is 12.8 Å². The molecular formula is C16H28O10. The van der Waals surface area contributed by atoms with Crippen LogP contribution in [0.2, 0.25) is 0 Å². The lowest BCUT2D eigenvalue weighted by Gasteiger charge is -2.40. The molecule has 0 aromatic carbocycles. The lowest BCUT2D eigenvalue weighted by Crippen LogP contribution is -2.59. The zero-order valence-corrected chi connectivity index (χ0v) is 14.9. The van der Waals surface area contributed by atoms with Gasteiger partial charge in [-0.25, -0.2) is 0 Å². The van der Waals surface area contributed by atoms with Gasteiger partial charge >= 0.3 is 11.9 Å². The van der Waals surface area contributed by atoms with Gasteiger partial charge in [-0.15, -0.1) is 0 Å². The van der Waals surface area contributed by atoms with Gasteiger partial charge in [-0.3, -0.25) is 9.59 Å². The van der Waals surface area contributed by atoms with E-state index in [4.69, 9.17) is 24.4 Å². The highest BCUT2D eigenvalue weighted by Crippen LogP contribution is 2.24. The van der Waals surface area contributed by atoms with Gasteiger partial charge in [0.15, 0.2) is 6.29 Å². The largest absolute Gasteiger partial charge is 0.481 e. The molecule has 0 amide bonds. The standard InChI is InChI=1S/C16H28O10/c1-3-8(5-11(18)19)24-12(20)6-9(4-2)25-16-15(23)14(22)13(21)10(7-17)26-16/h8-10,13-17,21-23H,3-7H2,1-2H3,(H,18,19)/t8?,9?,10-,13+,14+,15-,16?/m1/s1. The number of carboxylic acids is 1. The minimum atomic E-state index is -1.57. The molecule has 1 rings (SSSR count). The summed E-state index contributed by atoms with van der Waals surface area (Å²) >= 11 is 0. The number of rotatable bonds is 10. The van der Waals surface area contributed by atoms with E-state index in [2.05, 4.69) is 0 Å². The predicted octanol–water partition coefficient (Wildman–Crippen LogP) is -1.23. The van der Waals surface area contributed by atoms with Crippen LogP contribution in [0.3, 0.4) is 0 Å². The van der Waals surface area contributed by atoms with Crippen molar-refractivity contribution in [2.45, 2.75) is 82.4 Å². The van der Waals surface area contributed by atoms with Crippen LogP contribution in [0.25, 0.3) is 0 Å². The van der Waals surface area contributed by atoms with Crippen LogP contribution in [0.15, 0.2) is 0 Å². The Kier molecular flexibility index (Phi) is 9.41. The molecule has 10 nitrogen and oxygen atoms in total. The van der Waals surface area contributed by atoms with Crippen LogP contribution >= 0.6 is 0 Å². The lowest BCUT2D eigenvalue weighted by atomic mass is 9.99. The third kappa shape index (κ3) is 6.45. The summed E-state index contributed by atoms with van der Waals surface area (Å²) < 4.78 is 15.8. The highest BCUT2D eigenvalue weighted by Gasteiger charge is 2.44. The summed E-state index contributed by atoms with van der Waals surface area (Å²) in [7, 11) is 0. The molecule has 1 aliphatic heterocycles. The molecule has 5 N–H and O–H groups in total. The minimum Gasteiger partial charge on any atom is -0.481 e. The van der Waals surface area contributed by atoms with Crippen molar-refractivity contribution in [3.8, 4) is 0 Å². The van der Waals surface area contributed by atoms with Crippen LogP contribution in [0, 0.1) is 0 Å². The van der Waals surface area contributed by atoms with Crippen LogP contribution < -0.4 is 0 Å². The fourth-order valence-electron chi connectivity index (χ4n) is 2.54. The fraction of sp³-hybridized carbons (Fsp3) is 0.875. The number of aliphatic carboxylic acids is 1. The Balaban J connectivity index is 2.62. The Morgan fingerprint density at radius 1 is 1.00 bits per heavy atom. The summed E-state index contributed by atoms with van der Waals surface area (Å²) in [5.74, 6) is -1.73. The number of esters is 1. The number of hydrogen-bond donors (Lipinski definition) is 5. The van der Waals surface area contributed by atoms with Crippen LogP contribution in [-0.2, 0) is 23.8 Å². The van der Waals surface area contributed by atoms with Crippen molar-refractivity contribution in [1.82, 2.24) is 0 Å². The van der Waals surface area contributed by atoms with Crippen LogP contribution in [-0.4, -0.2) is 87.0 Å². The maximum atomic E-state index is 12.0. The van der Waals surface area contributed by atoms with Crippen molar-refractivity contribution >= 4 is 11.9 Å². The third-order valence-corrected chi connectivity index (χ3v) is 4.18. The molecule has 3 unspecified atom stereocenters. The monoisotopic (exact) mass is 380 g/mol. The summed E-state index contributed by atoms with van der Waals surface area (Å²) in [5.41, 5.74) is 0. The SMILES string of the molecule is CCC(CC(=O)O)OC(=O)CC(CC)OC1O[C@H](CO)[C@H](O)[C@H](O)[C@H]1O. The Hall–Kier alpha value is -1.30. The quantitative estimate of drug-likeness (QED) is 0.290. The molecule has 152 valence electrons. The number of aliphatic hydroxyl groups is 4. The summed E-state index contributed by atoms with van der Waals surface area (Å²) in [6.07, 6.45) is -8.37. The van der Waals surface area contributed by atoms with E-state index in [9.17, 15) is 24.9 Å². The Bertz CT molecular complexity index is 454. The molecular weight excluding hydrogens is 352 g/mol. The number of carbonyl (C=O) groups excluding carboxylic acids is 1. The molecule has 26 heavy (non-hydrogen) atoms. The van der Waals surface area contributed by atoms with Crippen molar-refractivity contribution in [3.63, 3.8) is 0 Å². The molecule has 0 saturated carbocycles. The highest BCUT2D eigenvalue weighted by molar-refractivity contribution is 5.71. The van der Waals surface area contributed by atoms with Gasteiger partial charge in [-0.2, -0.15) is 0 Å². The summed E-state index contributed by atoms with van der Waals surface area (Å²) in [6, 6.07) is 0. The molecule has 0 bridgehead atoms. The number of hydrogen-bond acceptors (Lipinski definition) is 9. The van der Waals surface area contributed by atoms with Gasteiger partial charge < -0.3 is 39.7 Å². The van der Waals surface area contributed by atoms with Crippen molar-refractivity contribution in [2.24, 2.45) is 0 Å². The van der Waals surface area contributed by atoms with Crippen molar-refractivity contribution in [1.29, 1.82) is 0 Å². The van der Waals surface area contributed by atoms with Gasteiger partial charge in [-0.05, 0) is 12.8 Å². The minimum absolute atomic E-state index is 0.207. The number of carbonyl (C=O) groups is 2. The number of ether oxygens (including phenoxy) is 3. The molecule has 1 aliphatic rings. The maximum Gasteiger partial charge on any atom is 0.308 e. The van der Waals surface area contributed by atoms with Gasteiger partial charge in [0.1, 0.15) is 30.5 Å². The second kappa shape index (κ2) is 10.8. The average Bonchev–Trinajstić information content (AvgIpc) is 2.60.